The summed E-state index contributed by atoms with van der Waals surface area (Å²) in [6.07, 6.45) is 0.598. The number of hydrogen-bond donors (Lipinski definition) is 2. The topological polar surface area (TPSA) is 58.2 Å². The number of hydrogen-bond acceptors (Lipinski definition) is 2. The van der Waals surface area contributed by atoms with E-state index in [1.807, 2.05) is 54.6 Å². The molecule has 2 aromatic rings. The molecular formula is C17H15BrN2O2. The molecular weight excluding hydrogens is 344 g/mol. The highest BCUT2D eigenvalue weighted by molar-refractivity contribution is 9.10. The Morgan fingerprint density at radius 1 is 0.818 bits per heavy atom. The molecule has 0 heterocycles. The molecule has 2 aromatic carbocycles. The van der Waals surface area contributed by atoms with Crippen LogP contribution in [0.2, 0.25) is 0 Å². The Morgan fingerprint density at radius 2 is 1.32 bits per heavy atom. The zero-order valence-corrected chi connectivity index (χ0v) is 13.3. The summed E-state index contributed by atoms with van der Waals surface area (Å²) in [6.45, 7) is 0. The number of halogens is 1. The van der Waals surface area contributed by atoms with Crippen molar-refractivity contribution in [2.45, 2.75) is 6.42 Å². The molecule has 2 N–H and O–H groups in total. The van der Waals surface area contributed by atoms with Gasteiger partial charge in [-0.2, -0.15) is 0 Å². The molecule has 0 aliphatic heterocycles. The third kappa shape index (κ3) is 3.54. The molecule has 0 radical (unpaired) electrons. The third-order valence-electron chi connectivity index (χ3n) is 3.62. The molecule has 1 aliphatic carbocycles. The number of carbonyl (C=O) groups is 2. The lowest BCUT2D eigenvalue weighted by atomic mass is 10.2. The quantitative estimate of drug-likeness (QED) is 0.875. The number of rotatable bonds is 4. The van der Waals surface area contributed by atoms with Crippen molar-refractivity contribution in [1.82, 2.24) is 0 Å². The van der Waals surface area contributed by atoms with Gasteiger partial charge in [-0.05, 0) is 42.8 Å². The molecule has 22 heavy (non-hydrogen) atoms. The molecule has 4 nitrogen and oxygen atoms in total. The van der Waals surface area contributed by atoms with E-state index in [0.717, 1.165) is 15.8 Å². The summed E-state index contributed by atoms with van der Waals surface area (Å²) in [5, 5.41) is 5.67. The van der Waals surface area contributed by atoms with Crippen molar-refractivity contribution in [1.29, 1.82) is 0 Å². The van der Waals surface area contributed by atoms with Crippen LogP contribution in [-0.4, -0.2) is 11.8 Å². The SMILES string of the molecule is O=C(Nc1ccccc1)C1CC1C(=O)Nc1ccc(Br)cc1. The lowest BCUT2D eigenvalue weighted by Gasteiger charge is -2.06. The second-order valence-electron chi connectivity index (χ2n) is 5.30. The minimum absolute atomic E-state index is 0.0952. The van der Waals surface area contributed by atoms with Gasteiger partial charge in [0, 0.05) is 15.8 Å². The average Bonchev–Trinajstić information content (AvgIpc) is 3.31. The van der Waals surface area contributed by atoms with Crippen LogP contribution in [0.5, 0.6) is 0 Å². The second-order valence-corrected chi connectivity index (χ2v) is 6.22. The zero-order valence-electron chi connectivity index (χ0n) is 11.8. The second kappa shape index (κ2) is 6.32. The molecule has 1 saturated carbocycles. The lowest BCUT2D eigenvalue weighted by Crippen LogP contribution is -2.20. The van der Waals surface area contributed by atoms with Crippen molar-refractivity contribution in [2.24, 2.45) is 11.8 Å². The summed E-state index contributed by atoms with van der Waals surface area (Å²) in [7, 11) is 0. The summed E-state index contributed by atoms with van der Waals surface area (Å²) in [4.78, 5) is 24.2. The fraction of sp³-hybridized carbons (Fsp3) is 0.176. The molecule has 2 amide bonds. The molecule has 1 fully saturated rings. The first kappa shape index (κ1) is 14.8. The number of amides is 2. The highest BCUT2D eigenvalue weighted by Crippen LogP contribution is 2.40. The molecule has 0 saturated heterocycles. The van der Waals surface area contributed by atoms with Crippen molar-refractivity contribution in [3.05, 3.63) is 59.1 Å². The van der Waals surface area contributed by atoms with E-state index in [-0.39, 0.29) is 23.7 Å². The molecule has 1 aliphatic rings. The summed E-state index contributed by atoms with van der Waals surface area (Å²) in [5.74, 6) is -0.680. The van der Waals surface area contributed by atoms with Gasteiger partial charge in [-0.15, -0.1) is 0 Å². The van der Waals surface area contributed by atoms with Gasteiger partial charge in [0.05, 0.1) is 11.8 Å². The van der Waals surface area contributed by atoms with E-state index in [1.165, 1.54) is 0 Å². The van der Waals surface area contributed by atoms with Gasteiger partial charge in [0.15, 0.2) is 0 Å². The van der Waals surface area contributed by atoms with Crippen LogP contribution in [0.25, 0.3) is 0 Å². The van der Waals surface area contributed by atoms with Gasteiger partial charge < -0.3 is 10.6 Å². The van der Waals surface area contributed by atoms with Gasteiger partial charge in [-0.1, -0.05) is 34.1 Å². The standard InChI is InChI=1S/C17H15BrN2O2/c18-11-6-8-13(9-7-11)20-17(22)15-10-14(15)16(21)19-12-4-2-1-3-5-12/h1-9,14-15H,10H2,(H,19,21)(H,20,22). The molecule has 2 atom stereocenters. The maximum absolute atomic E-state index is 12.1. The summed E-state index contributed by atoms with van der Waals surface area (Å²) in [6, 6.07) is 16.6. The van der Waals surface area contributed by atoms with Crippen LogP contribution < -0.4 is 10.6 Å². The Kier molecular flexibility index (Phi) is 4.24. The monoisotopic (exact) mass is 358 g/mol. The van der Waals surface area contributed by atoms with Crippen LogP contribution in [0.1, 0.15) is 6.42 Å². The Bertz CT molecular complexity index is 686. The van der Waals surface area contributed by atoms with E-state index in [0.29, 0.717) is 6.42 Å². The van der Waals surface area contributed by atoms with E-state index in [4.69, 9.17) is 0 Å². The van der Waals surface area contributed by atoms with E-state index >= 15 is 0 Å². The number of benzene rings is 2. The van der Waals surface area contributed by atoms with E-state index in [9.17, 15) is 9.59 Å². The molecule has 112 valence electrons. The first-order valence-electron chi connectivity index (χ1n) is 7.06. The smallest absolute Gasteiger partial charge is 0.228 e. The Balaban J connectivity index is 1.54. The van der Waals surface area contributed by atoms with Gasteiger partial charge >= 0.3 is 0 Å². The highest BCUT2D eigenvalue weighted by Gasteiger charge is 2.48. The van der Waals surface area contributed by atoms with E-state index in [1.54, 1.807) is 0 Å². The van der Waals surface area contributed by atoms with Gasteiger partial charge in [0.1, 0.15) is 0 Å². The van der Waals surface area contributed by atoms with Crippen molar-refractivity contribution in [3.63, 3.8) is 0 Å². The fourth-order valence-corrected chi connectivity index (χ4v) is 2.56. The van der Waals surface area contributed by atoms with Crippen LogP contribution in [0.3, 0.4) is 0 Å². The third-order valence-corrected chi connectivity index (χ3v) is 4.15. The minimum atomic E-state index is -0.243. The number of carbonyl (C=O) groups excluding carboxylic acids is 2. The van der Waals surface area contributed by atoms with E-state index < -0.39 is 0 Å². The van der Waals surface area contributed by atoms with Crippen LogP contribution in [0, 0.1) is 11.8 Å². The molecule has 0 aromatic heterocycles. The first-order chi connectivity index (χ1) is 10.6. The Hall–Kier alpha value is -2.14. The van der Waals surface area contributed by atoms with E-state index in [2.05, 4.69) is 26.6 Å². The van der Waals surface area contributed by atoms with Gasteiger partial charge in [-0.3, -0.25) is 9.59 Å². The number of nitrogens with one attached hydrogen (secondary N) is 2. The van der Waals surface area contributed by atoms with Gasteiger partial charge in [0.2, 0.25) is 11.8 Å². The lowest BCUT2D eigenvalue weighted by molar-refractivity contribution is -0.122. The van der Waals surface area contributed by atoms with Crippen molar-refractivity contribution in [3.8, 4) is 0 Å². The van der Waals surface area contributed by atoms with Crippen LogP contribution in [0.15, 0.2) is 59.1 Å². The first-order valence-corrected chi connectivity index (χ1v) is 7.85. The molecule has 0 bridgehead atoms. The Morgan fingerprint density at radius 3 is 1.86 bits per heavy atom. The summed E-state index contributed by atoms with van der Waals surface area (Å²) in [5.41, 5.74) is 1.49. The molecule has 2 unspecified atom stereocenters. The maximum atomic E-state index is 12.1. The maximum Gasteiger partial charge on any atom is 0.228 e. The zero-order chi connectivity index (χ0) is 15.5. The predicted octanol–water partition coefficient (Wildman–Crippen LogP) is 3.66. The van der Waals surface area contributed by atoms with Crippen LogP contribution in [0.4, 0.5) is 11.4 Å². The normalized spacial score (nSPS) is 19.3. The Labute approximate surface area is 137 Å². The van der Waals surface area contributed by atoms with Gasteiger partial charge in [0.25, 0.3) is 0 Å². The predicted molar refractivity (Wildman–Crippen MR) is 89.4 cm³/mol. The molecule has 0 spiro atoms. The van der Waals surface area contributed by atoms with Crippen LogP contribution in [-0.2, 0) is 9.59 Å². The van der Waals surface area contributed by atoms with Crippen molar-refractivity contribution in [2.75, 3.05) is 10.6 Å². The van der Waals surface area contributed by atoms with Crippen molar-refractivity contribution < 1.29 is 9.59 Å². The number of para-hydroxylation sites is 1. The highest BCUT2D eigenvalue weighted by atomic mass is 79.9. The molecule has 5 heteroatoms. The average molecular weight is 359 g/mol. The van der Waals surface area contributed by atoms with Crippen molar-refractivity contribution >= 4 is 39.1 Å². The number of anilines is 2. The summed E-state index contributed by atoms with van der Waals surface area (Å²) < 4.78 is 0.956. The minimum Gasteiger partial charge on any atom is -0.326 e. The largest absolute Gasteiger partial charge is 0.326 e. The molecule has 3 rings (SSSR count). The fourth-order valence-electron chi connectivity index (χ4n) is 2.30. The van der Waals surface area contributed by atoms with Gasteiger partial charge in [-0.25, -0.2) is 0 Å². The van der Waals surface area contributed by atoms with Crippen LogP contribution >= 0.6 is 15.9 Å². The summed E-state index contributed by atoms with van der Waals surface area (Å²) >= 11 is 3.35.